The van der Waals surface area contributed by atoms with Gasteiger partial charge in [0.1, 0.15) is 0 Å². The van der Waals surface area contributed by atoms with Gasteiger partial charge in [0, 0.05) is 71.1 Å². The van der Waals surface area contributed by atoms with Crippen molar-refractivity contribution < 1.29 is 0 Å². The molecule has 17 rings (SSSR count). The molecule has 5 aromatic heterocycles. The largest absolute Gasteiger partial charge is 0.309 e. The summed E-state index contributed by atoms with van der Waals surface area (Å²) in [5, 5.41) is 10.7. The van der Waals surface area contributed by atoms with Crippen LogP contribution in [0, 0.1) is 0 Å². The zero-order valence-electron chi connectivity index (χ0n) is 43.2. The highest BCUT2D eigenvalue weighted by Crippen LogP contribution is 2.42. The Morgan fingerprint density at radius 1 is 0.200 bits per heavy atom. The lowest BCUT2D eigenvalue weighted by molar-refractivity contribution is 1.01. The van der Waals surface area contributed by atoms with Crippen molar-refractivity contribution in [2.75, 3.05) is 0 Å². The predicted molar refractivity (Wildman–Crippen MR) is 333 cm³/mol. The Morgan fingerprint density at radius 2 is 0.537 bits per heavy atom. The molecule has 0 spiro atoms. The van der Waals surface area contributed by atoms with E-state index in [-0.39, 0.29) is 0 Å². The van der Waals surface area contributed by atoms with Gasteiger partial charge in [0.25, 0.3) is 0 Å². The van der Waals surface area contributed by atoms with Crippen molar-refractivity contribution in [2.24, 2.45) is 0 Å². The standard InChI is InChI=1S/C74H46N6/c1-3-17-52(18-4-1)77-65-27-13-9-22-56(65)61-43-48(34-40-69(61)77)49-35-41-71-62(44-49)58-24-11-15-29-67(58)79(71)54-37-31-47(32-38-54)73-60-25-7-12-26-64(60)75-74(76-73)80-68-30-16-8-21-55(68)59-39-33-51(46-72(59)80)50-36-42-70-63(45-50)57-23-10-14-28-66(57)78(70)53-19-5-2-6-20-53/h1-46H. The third-order valence-electron chi connectivity index (χ3n) is 16.6. The quantitative estimate of drug-likeness (QED) is 0.160. The third kappa shape index (κ3) is 6.66. The molecular weight excluding hydrogens is 973 g/mol. The molecule has 0 aliphatic heterocycles. The number of hydrogen-bond donors (Lipinski definition) is 0. The molecule has 0 aliphatic rings. The monoisotopic (exact) mass is 1020 g/mol. The SMILES string of the molecule is c1ccc(-n2c3ccccc3c3cc(-c4ccc5c(c4)c4ccccc4n5-c4ccc(-c5nc(-n6c7ccccc7c7ccc(-c8ccc9c(c8)c8ccccc8n9-c8ccccc8)cc76)nc6ccccc56)cc4)ccc32)cc1. The zero-order valence-corrected chi connectivity index (χ0v) is 43.2. The maximum atomic E-state index is 5.55. The van der Waals surface area contributed by atoms with E-state index in [1.165, 1.54) is 65.5 Å². The van der Waals surface area contributed by atoms with E-state index in [9.17, 15) is 0 Å². The van der Waals surface area contributed by atoms with Crippen molar-refractivity contribution in [3.05, 3.63) is 279 Å². The molecular formula is C74H46N6. The van der Waals surface area contributed by atoms with Crippen molar-refractivity contribution in [1.82, 2.24) is 28.2 Å². The summed E-state index contributed by atoms with van der Waals surface area (Å²) in [7, 11) is 0. The highest BCUT2D eigenvalue weighted by molar-refractivity contribution is 6.15. The van der Waals surface area contributed by atoms with Crippen LogP contribution in [0.3, 0.4) is 0 Å². The normalized spacial score (nSPS) is 12.0. The Hall–Kier alpha value is -10.8. The molecule has 0 atom stereocenters. The van der Waals surface area contributed by atoms with E-state index < -0.39 is 0 Å². The number of fused-ring (bicyclic) bond motifs is 13. The van der Waals surface area contributed by atoms with Crippen LogP contribution in [0.25, 0.3) is 155 Å². The minimum atomic E-state index is 0.631. The van der Waals surface area contributed by atoms with Crippen LogP contribution in [0.1, 0.15) is 0 Å². The molecule has 12 aromatic carbocycles. The topological polar surface area (TPSA) is 45.5 Å². The van der Waals surface area contributed by atoms with E-state index in [0.717, 1.165) is 83.2 Å². The summed E-state index contributed by atoms with van der Waals surface area (Å²) in [4.78, 5) is 10.9. The molecule has 0 bridgehead atoms. The van der Waals surface area contributed by atoms with Gasteiger partial charge in [0.15, 0.2) is 0 Å². The fourth-order valence-corrected chi connectivity index (χ4v) is 13.0. The summed E-state index contributed by atoms with van der Waals surface area (Å²) < 4.78 is 9.39. The average molecular weight is 1020 g/mol. The van der Waals surface area contributed by atoms with Crippen LogP contribution in [0.5, 0.6) is 0 Å². The first-order chi connectivity index (χ1) is 39.7. The van der Waals surface area contributed by atoms with E-state index in [2.05, 4.69) is 297 Å². The second-order valence-electron chi connectivity index (χ2n) is 20.9. The van der Waals surface area contributed by atoms with Crippen LogP contribution >= 0.6 is 0 Å². The fraction of sp³-hybridized carbons (Fsp3) is 0. The Labute approximate surface area is 459 Å². The molecule has 0 saturated heterocycles. The highest BCUT2D eigenvalue weighted by atomic mass is 15.2. The molecule has 0 radical (unpaired) electrons. The molecule has 0 amide bonds. The molecule has 0 N–H and O–H groups in total. The molecule has 17 aromatic rings. The van der Waals surface area contributed by atoms with Crippen molar-refractivity contribution in [2.45, 2.75) is 0 Å². The fourth-order valence-electron chi connectivity index (χ4n) is 13.0. The van der Waals surface area contributed by atoms with E-state index in [1.807, 2.05) is 0 Å². The Bertz CT molecular complexity index is 5350. The molecule has 0 saturated carbocycles. The molecule has 6 nitrogen and oxygen atoms in total. The van der Waals surface area contributed by atoms with Gasteiger partial charge >= 0.3 is 0 Å². The number of para-hydroxylation sites is 7. The number of hydrogen-bond acceptors (Lipinski definition) is 2. The molecule has 0 fully saturated rings. The van der Waals surface area contributed by atoms with Crippen LogP contribution in [0.2, 0.25) is 0 Å². The van der Waals surface area contributed by atoms with Crippen molar-refractivity contribution in [3.8, 4) is 56.5 Å². The number of benzene rings is 12. The smallest absolute Gasteiger partial charge is 0.235 e. The highest BCUT2D eigenvalue weighted by Gasteiger charge is 2.21. The summed E-state index contributed by atoms with van der Waals surface area (Å²) in [6.07, 6.45) is 0. The van der Waals surface area contributed by atoms with E-state index in [4.69, 9.17) is 9.97 Å². The number of aromatic nitrogens is 6. The predicted octanol–water partition coefficient (Wildman–Crippen LogP) is 19.0. The van der Waals surface area contributed by atoms with Gasteiger partial charge in [0.05, 0.1) is 55.3 Å². The van der Waals surface area contributed by atoms with Crippen molar-refractivity contribution in [1.29, 1.82) is 0 Å². The lowest BCUT2D eigenvalue weighted by Gasteiger charge is -2.13. The first-order valence-corrected chi connectivity index (χ1v) is 27.3. The Morgan fingerprint density at radius 3 is 1.02 bits per heavy atom. The minimum absolute atomic E-state index is 0.631. The second-order valence-corrected chi connectivity index (χ2v) is 20.9. The summed E-state index contributed by atoms with van der Waals surface area (Å²) in [6.45, 7) is 0. The zero-order chi connectivity index (χ0) is 52.4. The van der Waals surface area contributed by atoms with Crippen molar-refractivity contribution in [3.63, 3.8) is 0 Å². The van der Waals surface area contributed by atoms with Gasteiger partial charge in [-0.15, -0.1) is 0 Å². The summed E-state index contributed by atoms with van der Waals surface area (Å²) >= 11 is 0. The number of nitrogens with zero attached hydrogens (tertiary/aromatic N) is 6. The van der Waals surface area contributed by atoms with Crippen molar-refractivity contribution >= 4 is 98.1 Å². The van der Waals surface area contributed by atoms with Crippen LogP contribution in [-0.4, -0.2) is 28.2 Å². The van der Waals surface area contributed by atoms with Crippen LogP contribution < -0.4 is 0 Å². The maximum absolute atomic E-state index is 5.55. The lowest BCUT2D eigenvalue weighted by atomic mass is 10.0. The molecule has 6 heteroatoms. The Kier molecular flexibility index (Phi) is 9.61. The third-order valence-corrected chi connectivity index (χ3v) is 16.6. The van der Waals surface area contributed by atoms with Crippen LogP contribution in [0.15, 0.2) is 279 Å². The van der Waals surface area contributed by atoms with Gasteiger partial charge < -0.3 is 13.7 Å². The summed E-state index contributed by atoms with van der Waals surface area (Å²) in [5.74, 6) is 0.631. The van der Waals surface area contributed by atoms with Crippen LogP contribution in [-0.2, 0) is 0 Å². The molecule has 0 aliphatic carbocycles. The first-order valence-electron chi connectivity index (χ1n) is 27.3. The second kappa shape index (κ2) is 17.3. The molecule has 80 heavy (non-hydrogen) atoms. The maximum Gasteiger partial charge on any atom is 0.235 e. The van der Waals surface area contributed by atoms with Crippen LogP contribution in [0.4, 0.5) is 0 Å². The Balaban J connectivity index is 0.770. The van der Waals surface area contributed by atoms with E-state index >= 15 is 0 Å². The van der Waals surface area contributed by atoms with Gasteiger partial charge in [-0.1, -0.05) is 170 Å². The summed E-state index contributed by atoms with van der Waals surface area (Å²) in [5.41, 5.74) is 20.0. The van der Waals surface area contributed by atoms with E-state index in [1.54, 1.807) is 0 Å². The number of rotatable bonds is 7. The van der Waals surface area contributed by atoms with Gasteiger partial charge in [-0.05, 0) is 131 Å². The first kappa shape index (κ1) is 44.3. The van der Waals surface area contributed by atoms with E-state index in [0.29, 0.717) is 5.95 Å². The van der Waals surface area contributed by atoms with Gasteiger partial charge in [-0.3, -0.25) is 4.57 Å². The molecule has 372 valence electrons. The van der Waals surface area contributed by atoms with Gasteiger partial charge in [0.2, 0.25) is 5.95 Å². The molecule has 5 heterocycles. The van der Waals surface area contributed by atoms with Gasteiger partial charge in [-0.25, -0.2) is 9.97 Å². The van der Waals surface area contributed by atoms with Gasteiger partial charge in [-0.2, -0.15) is 0 Å². The average Bonchev–Trinajstić information content (AvgIpc) is 4.32. The minimum Gasteiger partial charge on any atom is -0.309 e. The lowest BCUT2D eigenvalue weighted by Crippen LogP contribution is -2.03. The summed E-state index contributed by atoms with van der Waals surface area (Å²) in [6, 6.07) is 101. The molecule has 0 unspecified atom stereocenters.